The fourth-order valence-electron chi connectivity index (χ4n) is 2.55. The summed E-state index contributed by atoms with van der Waals surface area (Å²) in [6.45, 7) is 1.93. The average Bonchev–Trinajstić information content (AvgIpc) is 3.32. The molecule has 118 valence electrons. The Balaban J connectivity index is 1.49. The van der Waals surface area contributed by atoms with Crippen LogP contribution in [0, 0.1) is 0 Å². The van der Waals surface area contributed by atoms with Gasteiger partial charge in [-0.25, -0.2) is 4.68 Å². The van der Waals surface area contributed by atoms with Crippen LogP contribution in [-0.2, 0) is 13.1 Å². The number of methoxy groups -OCH3 is 1. The summed E-state index contributed by atoms with van der Waals surface area (Å²) in [5.74, 6) is 2.29. The van der Waals surface area contributed by atoms with Crippen LogP contribution in [0.1, 0.15) is 36.6 Å². The van der Waals surface area contributed by atoms with Crippen molar-refractivity contribution >= 4 is 0 Å². The first-order valence-electron chi connectivity index (χ1n) is 7.71. The molecule has 1 aromatic carbocycles. The van der Waals surface area contributed by atoms with Crippen LogP contribution in [0.4, 0.5) is 0 Å². The van der Waals surface area contributed by atoms with E-state index in [-0.39, 0.29) is 0 Å². The van der Waals surface area contributed by atoms with Crippen molar-refractivity contribution in [3.05, 3.63) is 35.7 Å². The molecular formula is C16H22N4O2. The summed E-state index contributed by atoms with van der Waals surface area (Å²) in [5.41, 5.74) is 7.91. The molecular weight excluding hydrogens is 280 g/mol. The lowest BCUT2D eigenvalue weighted by atomic mass is 10.2. The van der Waals surface area contributed by atoms with Gasteiger partial charge in [0.1, 0.15) is 11.5 Å². The molecule has 0 amide bonds. The Morgan fingerprint density at radius 2 is 1.95 bits per heavy atom. The molecule has 1 aliphatic rings. The van der Waals surface area contributed by atoms with E-state index >= 15 is 0 Å². The molecule has 1 saturated carbocycles. The first-order chi connectivity index (χ1) is 10.8. The third kappa shape index (κ3) is 3.39. The topological polar surface area (TPSA) is 75.2 Å². The molecule has 6 heteroatoms. The minimum Gasteiger partial charge on any atom is -0.497 e. The molecule has 1 heterocycles. The van der Waals surface area contributed by atoms with Crippen molar-refractivity contribution in [1.29, 1.82) is 0 Å². The maximum atomic E-state index is 5.73. The van der Waals surface area contributed by atoms with Crippen LogP contribution in [-0.4, -0.2) is 28.7 Å². The van der Waals surface area contributed by atoms with Gasteiger partial charge in [0.15, 0.2) is 0 Å². The average molecular weight is 302 g/mol. The fourth-order valence-corrected chi connectivity index (χ4v) is 2.55. The molecule has 3 rings (SSSR count). The molecule has 1 aliphatic carbocycles. The van der Waals surface area contributed by atoms with Crippen LogP contribution in [0.2, 0.25) is 0 Å². The highest BCUT2D eigenvalue weighted by molar-refractivity contribution is 5.31. The van der Waals surface area contributed by atoms with Crippen molar-refractivity contribution in [3.63, 3.8) is 0 Å². The minimum atomic E-state index is 0.466. The number of aromatic nitrogens is 3. The van der Waals surface area contributed by atoms with Crippen LogP contribution in [0.15, 0.2) is 24.3 Å². The highest BCUT2D eigenvalue weighted by atomic mass is 16.5. The van der Waals surface area contributed by atoms with Gasteiger partial charge in [-0.15, -0.1) is 5.10 Å². The van der Waals surface area contributed by atoms with Gasteiger partial charge in [0.2, 0.25) is 0 Å². The SMILES string of the molecule is COc1ccc(OCCCn2nnc(CN)c2C2CC2)cc1. The van der Waals surface area contributed by atoms with Crippen molar-refractivity contribution in [1.82, 2.24) is 15.0 Å². The van der Waals surface area contributed by atoms with Crippen LogP contribution in [0.3, 0.4) is 0 Å². The highest BCUT2D eigenvalue weighted by Crippen LogP contribution is 2.41. The van der Waals surface area contributed by atoms with Gasteiger partial charge in [0.25, 0.3) is 0 Å². The number of hydrogen-bond donors (Lipinski definition) is 1. The number of rotatable bonds is 8. The van der Waals surface area contributed by atoms with E-state index in [0.29, 0.717) is 19.1 Å². The molecule has 0 saturated heterocycles. The predicted molar refractivity (Wildman–Crippen MR) is 83.0 cm³/mol. The minimum absolute atomic E-state index is 0.466. The van der Waals surface area contributed by atoms with Crippen molar-refractivity contribution in [3.8, 4) is 11.5 Å². The first kappa shape index (κ1) is 14.8. The molecule has 0 atom stereocenters. The lowest BCUT2D eigenvalue weighted by Crippen LogP contribution is -2.10. The van der Waals surface area contributed by atoms with Gasteiger partial charge in [0.05, 0.1) is 25.1 Å². The summed E-state index contributed by atoms with van der Waals surface area (Å²) >= 11 is 0. The van der Waals surface area contributed by atoms with E-state index in [1.54, 1.807) is 7.11 Å². The van der Waals surface area contributed by atoms with Crippen LogP contribution in [0.5, 0.6) is 11.5 Å². The van der Waals surface area contributed by atoms with E-state index in [1.165, 1.54) is 18.5 Å². The van der Waals surface area contributed by atoms with E-state index in [0.717, 1.165) is 30.2 Å². The maximum Gasteiger partial charge on any atom is 0.119 e. The Hall–Kier alpha value is -2.08. The lowest BCUT2D eigenvalue weighted by Gasteiger charge is -2.09. The maximum absolute atomic E-state index is 5.73. The molecule has 1 aromatic heterocycles. The van der Waals surface area contributed by atoms with Gasteiger partial charge in [-0.1, -0.05) is 5.21 Å². The second kappa shape index (κ2) is 6.79. The molecule has 22 heavy (non-hydrogen) atoms. The third-order valence-corrected chi connectivity index (χ3v) is 3.85. The molecule has 6 nitrogen and oxygen atoms in total. The van der Waals surface area contributed by atoms with Gasteiger partial charge in [-0.2, -0.15) is 0 Å². The largest absolute Gasteiger partial charge is 0.497 e. The number of aryl methyl sites for hydroxylation is 1. The monoisotopic (exact) mass is 302 g/mol. The van der Waals surface area contributed by atoms with Crippen molar-refractivity contribution in [2.75, 3.05) is 13.7 Å². The van der Waals surface area contributed by atoms with Crippen LogP contribution < -0.4 is 15.2 Å². The zero-order valence-corrected chi connectivity index (χ0v) is 12.9. The van der Waals surface area contributed by atoms with E-state index in [1.807, 2.05) is 28.9 Å². The van der Waals surface area contributed by atoms with Gasteiger partial charge in [-0.3, -0.25) is 0 Å². The van der Waals surface area contributed by atoms with Gasteiger partial charge < -0.3 is 15.2 Å². The molecule has 2 N–H and O–H groups in total. The normalized spacial score (nSPS) is 14.1. The van der Waals surface area contributed by atoms with Gasteiger partial charge in [0, 0.05) is 25.4 Å². The number of nitrogens with two attached hydrogens (primary N) is 1. The summed E-state index contributed by atoms with van der Waals surface area (Å²) < 4.78 is 12.9. The molecule has 0 aliphatic heterocycles. The Bertz CT molecular complexity index is 605. The Morgan fingerprint density at radius 1 is 1.23 bits per heavy atom. The summed E-state index contributed by atoms with van der Waals surface area (Å²) in [5, 5.41) is 8.42. The molecule has 0 bridgehead atoms. The second-order valence-corrected chi connectivity index (χ2v) is 5.50. The number of ether oxygens (including phenoxy) is 2. The summed E-state index contributed by atoms with van der Waals surface area (Å²) in [7, 11) is 1.65. The highest BCUT2D eigenvalue weighted by Gasteiger charge is 2.30. The third-order valence-electron chi connectivity index (χ3n) is 3.85. The molecule has 1 fully saturated rings. The molecule has 0 radical (unpaired) electrons. The Kier molecular flexibility index (Phi) is 4.58. The Morgan fingerprint density at radius 3 is 2.59 bits per heavy atom. The van der Waals surface area contributed by atoms with Crippen LogP contribution >= 0.6 is 0 Å². The molecule has 2 aromatic rings. The predicted octanol–water partition coefficient (Wildman–Crippen LogP) is 2.09. The molecule has 0 spiro atoms. The van der Waals surface area contributed by atoms with E-state index in [9.17, 15) is 0 Å². The Labute approximate surface area is 130 Å². The van der Waals surface area contributed by atoms with E-state index < -0.39 is 0 Å². The van der Waals surface area contributed by atoms with E-state index in [2.05, 4.69) is 10.3 Å². The van der Waals surface area contributed by atoms with Crippen LogP contribution in [0.25, 0.3) is 0 Å². The summed E-state index contributed by atoms with van der Waals surface area (Å²) in [6, 6.07) is 7.61. The fraction of sp³-hybridized carbons (Fsp3) is 0.500. The zero-order valence-electron chi connectivity index (χ0n) is 12.9. The number of benzene rings is 1. The number of nitrogens with zero attached hydrogens (tertiary/aromatic N) is 3. The van der Waals surface area contributed by atoms with Gasteiger partial charge >= 0.3 is 0 Å². The summed E-state index contributed by atoms with van der Waals surface area (Å²) in [6.07, 6.45) is 3.34. The smallest absolute Gasteiger partial charge is 0.119 e. The number of hydrogen-bond acceptors (Lipinski definition) is 5. The zero-order chi connectivity index (χ0) is 15.4. The van der Waals surface area contributed by atoms with Gasteiger partial charge in [-0.05, 0) is 37.1 Å². The second-order valence-electron chi connectivity index (χ2n) is 5.50. The quantitative estimate of drug-likeness (QED) is 0.756. The molecule has 0 unspecified atom stereocenters. The lowest BCUT2D eigenvalue weighted by molar-refractivity contribution is 0.296. The van der Waals surface area contributed by atoms with Crippen molar-refractivity contribution < 1.29 is 9.47 Å². The summed E-state index contributed by atoms with van der Waals surface area (Å²) in [4.78, 5) is 0. The van der Waals surface area contributed by atoms with E-state index in [4.69, 9.17) is 15.2 Å². The first-order valence-corrected chi connectivity index (χ1v) is 7.71. The van der Waals surface area contributed by atoms with Crippen molar-refractivity contribution in [2.45, 2.75) is 38.3 Å². The standard InChI is InChI=1S/C16H22N4O2/c1-21-13-5-7-14(8-6-13)22-10-2-9-20-16(12-3-4-12)15(11-17)18-19-20/h5-8,12H,2-4,9-11,17H2,1H3. The van der Waals surface area contributed by atoms with Crippen molar-refractivity contribution in [2.24, 2.45) is 5.73 Å².